The molecule has 0 bridgehead atoms. The highest BCUT2D eigenvalue weighted by Crippen LogP contribution is 2.52. The number of aliphatic hydroxyl groups excluding tert-OH is 2. The zero-order valence-electron chi connectivity index (χ0n) is 30.1. The van der Waals surface area contributed by atoms with Gasteiger partial charge in [-0.1, -0.05) is 148 Å². The van der Waals surface area contributed by atoms with Crippen LogP contribution >= 0.6 is 0 Å². The van der Waals surface area contributed by atoms with E-state index in [1.54, 1.807) is 0 Å². The molecular formula is C44H54O5Si. The molecule has 1 aliphatic rings. The predicted molar refractivity (Wildman–Crippen MR) is 206 cm³/mol. The van der Waals surface area contributed by atoms with Crippen molar-refractivity contribution >= 4 is 24.7 Å². The molecule has 0 heterocycles. The molecule has 4 aromatic carbocycles. The highest BCUT2D eigenvalue weighted by Gasteiger charge is 2.55. The molecule has 2 N–H and O–H groups in total. The van der Waals surface area contributed by atoms with E-state index in [2.05, 4.69) is 118 Å². The van der Waals surface area contributed by atoms with Gasteiger partial charge in [-0.05, 0) is 70.1 Å². The van der Waals surface area contributed by atoms with E-state index in [9.17, 15) is 15.0 Å². The third kappa shape index (κ3) is 8.38. The molecule has 1 aliphatic carbocycles. The van der Waals surface area contributed by atoms with E-state index in [-0.39, 0.29) is 29.5 Å². The summed E-state index contributed by atoms with van der Waals surface area (Å²) in [6.45, 7) is 7.19. The lowest BCUT2D eigenvalue weighted by atomic mass is 9.70. The lowest BCUT2D eigenvalue weighted by Crippen LogP contribution is -2.67. The molecule has 0 saturated heterocycles. The van der Waals surface area contributed by atoms with Crippen molar-refractivity contribution in [1.82, 2.24) is 0 Å². The molecule has 0 spiro atoms. The molecule has 0 amide bonds. The number of rotatable bonds is 15. The van der Waals surface area contributed by atoms with Crippen molar-refractivity contribution in [3.63, 3.8) is 0 Å². The van der Waals surface area contributed by atoms with E-state index in [4.69, 9.17) is 9.16 Å². The molecule has 0 aliphatic heterocycles. The summed E-state index contributed by atoms with van der Waals surface area (Å²) in [6.07, 6.45) is 7.41. The summed E-state index contributed by atoms with van der Waals surface area (Å²) in [6, 6.07) is 40.2. The number of allylic oxidation sites excluding steroid dienone is 2. The average molecular weight is 691 g/mol. The van der Waals surface area contributed by atoms with E-state index < -0.39 is 19.8 Å². The van der Waals surface area contributed by atoms with Crippen LogP contribution in [0.1, 0.15) is 58.4 Å². The van der Waals surface area contributed by atoms with Gasteiger partial charge in [0, 0.05) is 31.0 Å². The molecule has 1 fully saturated rings. The third-order valence-electron chi connectivity index (χ3n) is 10.8. The van der Waals surface area contributed by atoms with Crippen molar-refractivity contribution in [2.75, 3.05) is 20.3 Å². The van der Waals surface area contributed by atoms with Crippen molar-refractivity contribution in [3.8, 4) is 11.1 Å². The number of aliphatic hydroxyl groups is 2. The quantitative estimate of drug-likeness (QED) is 0.0578. The largest absolute Gasteiger partial charge is 0.469 e. The van der Waals surface area contributed by atoms with Gasteiger partial charge in [0.15, 0.2) is 0 Å². The van der Waals surface area contributed by atoms with Gasteiger partial charge in [0.05, 0.1) is 13.2 Å². The van der Waals surface area contributed by atoms with E-state index in [0.717, 1.165) is 24.0 Å². The Hall–Kier alpha value is -3.81. The van der Waals surface area contributed by atoms with Crippen molar-refractivity contribution in [2.24, 2.45) is 17.3 Å². The number of ether oxygens (including phenoxy) is 1. The molecule has 0 unspecified atom stereocenters. The minimum atomic E-state index is -2.84. The molecule has 0 radical (unpaired) electrons. The molecule has 0 aromatic heterocycles. The van der Waals surface area contributed by atoms with Crippen LogP contribution in [0.4, 0.5) is 0 Å². The van der Waals surface area contributed by atoms with Crippen LogP contribution in [0.2, 0.25) is 5.04 Å². The van der Waals surface area contributed by atoms with Gasteiger partial charge >= 0.3 is 5.97 Å². The number of esters is 1. The maximum absolute atomic E-state index is 11.9. The maximum atomic E-state index is 11.9. The number of methoxy groups -OCH3 is 1. The third-order valence-corrected chi connectivity index (χ3v) is 15.8. The first-order valence-electron chi connectivity index (χ1n) is 18.0. The average Bonchev–Trinajstić information content (AvgIpc) is 3.40. The number of carbonyl (C=O) groups excluding carboxylic acids is 1. The molecule has 1 saturated carbocycles. The zero-order chi connectivity index (χ0) is 35.6. The Labute approximate surface area is 300 Å². The Kier molecular flexibility index (Phi) is 12.7. The molecule has 50 heavy (non-hydrogen) atoms. The Bertz CT molecular complexity index is 1610. The topological polar surface area (TPSA) is 76.0 Å². The number of hydrogen-bond acceptors (Lipinski definition) is 5. The molecule has 6 heteroatoms. The number of carbonyl (C=O) groups is 1. The van der Waals surface area contributed by atoms with Crippen molar-refractivity contribution in [2.45, 2.75) is 70.4 Å². The highest BCUT2D eigenvalue weighted by molar-refractivity contribution is 6.99. The Morgan fingerprint density at radius 1 is 0.840 bits per heavy atom. The van der Waals surface area contributed by atoms with Gasteiger partial charge in [0.2, 0.25) is 0 Å². The normalized spacial score (nSPS) is 21.0. The minimum absolute atomic E-state index is 0.0219. The highest BCUT2D eigenvalue weighted by atomic mass is 28.4. The second kappa shape index (κ2) is 16.9. The van der Waals surface area contributed by atoms with Crippen LogP contribution < -0.4 is 10.4 Å². The van der Waals surface area contributed by atoms with Gasteiger partial charge in [0.25, 0.3) is 8.32 Å². The van der Waals surface area contributed by atoms with Crippen molar-refractivity contribution < 1.29 is 24.2 Å². The maximum Gasteiger partial charge on any atom is 0.305 e. The van der Waals surface area contributed by atoms with E-state index in [1.165, 1.54) is 23.0 Å². The summed E-state index contributed by atoms with van der Waals surface area (Å²) >= 11 is 0. The lowest BCUT2D eigenvalue weighted by Gasteiger charge is -2.44. The molecule has 264 valence electrons. The van der Waals surface area contributed by atoms with Gasteiger partial charge in [0.1, 0.15) is 0 Å². The lowest BCUT2D eigenvalue weighted by molar-refractivity contribution is -0.140. The standard InChI is InChI=1S/C44H54O5Si/c1-43(2,3)50(37-20-12-8-13-21-37,38-22-14-9-15-23-38)49-32-39-40(24-16-5-6-17-25-42(47)48-4)44(33-45,31-41(39)46)30-34-26-28-36(29-27-34)35-18-10-7-11-19-35/h5,7-16,18-23,26-29,39-41,45-46H,6,17,24-25,30-33H2,1-4H3/t39-,40-,41-,44-/m1/s1. The molecule has 5 rings (SSSR count). The fourth-order valence-corrected chi connectivity index (χ4v) is 12.8. The van der Waals surface area contributed by atoms with E-state index in [1.807, 2.05) is 30.3 Å². The fourth-order valence-electron chi connectivity index (χ4n) is 8.20. The van der Waals surface area contributed by atoms with Crippen LogP contribution in [0.15, 0.2) is 127 Å². The van der Waals surface area contributed by atoms with Crippen LogP contribution in [0.25, 0.3) is 11.1 Å². The second-order valence-corrected chi connectivity index (χ2v) is 19.3. The van der Waals surface area contributed by atoms with Gasteiger partial charge in [-0.2, -0.15) is 0 Å². The van der Waals surface area contributed by atoms with Crippen LogP contribution in [-0.2, 0) is 20.4 Å². The Morgan fingerprint density at radius 2 is 1.40 bits per heavy atom. The van der Waals surface area contributed by atoms with Crippen LogP contribution in [0.5, 0.6) is 0 Å². The number of benzene rings is 4. The van der Waals surface area contributed by atoms with Crippen molar-refractivity contribution in [3.05, 3.63) is 133 Å². The molecule has 5 nitrogen and oxygen atoms in total. The molecule has 4 aromatic rings. The SMILES string of the molecule is COC(=O)CCCC=CC[C@@H]1[C@@H](CO[Si](c2ccccc2)(c2ccccc2)C(C)(C)C)[C@H](O)C[C@@]1(CO)Cc1ccc(-c2ccccc2)cc1. The summed E-state index contributed by atoms with van der Waals surface area (Å²) in [5.74, 6) is -0.395. The van der Waals surface area contributed by atoms with Crippen LogP contribution in [-0.4, -0.2) is 50.9 Å². The first-order valence-corrected chi connectivity index (χ1v) is 19.9. The fraction of sp³-hybridized carbons (Fsp3) is 0.386. The minimum Gasteiger partial charge on any atom is -0.469 e. The first kappa shape index (κ1) is 37.4. The van der Waals surface area contributed by atoms with Gasteiger partial charge in [-0.3, -0.25) is 4.79 Å². The Balaban J connectivity index is 1.46. The van der Waals surface area contributed by atoms with Gasteiger partial charge < -0.3 is 19.4 Å². The predicted octanol–water partition coefficient (Wildman–Crippen LogP) is 7.74. The van der Waals surface area contributed by atoms with Crippen LogP contribution in [0.3, 0.4) is 0 Å². The molecule has 4 atom stereocenters. The van der Waals surface area contributed by atoms with E-state index in [0.29, 0.717) is 32.3 Å². The zero-order valence-corrected chi connectivity index (χ0v) is 31.1. The summed E-state index contributed by atoms with van der Waals surface area (Å²) in [5, 5.41) is 25.4. The smallest absolute Gasteiger partial charge is 0.305 e. The van der Waals surface area contributed by atoms with Gasteiger partial charge in [-0.25, -0.2) is 0 Å². The van der Waals surface area contributed by atoms with Crippen molar-refractivity contribution in [1.29, 1.82) is 0 Å². The molecular weight excluding hydrogens is 637 g/mol. The van der Waals surface area contributed by atoms with Gasteiger partial charge in [-0.15, -0.1) is 0 Å². The van der Waals surface area contributed by atoms with Crippen LogP contribution in [0, 0.1) is 17.3 Å². The summed E-state index contributed by atoms with van der Waals surface area (Å²) in [4.78, 5) is 11.6. The summed E-state index contributed by atoms with van der Waals surface area (Å²) in [7, 11) is -1.43. The van der Waals surface area contributed by atoms with E-state index >= 15 is 0 Å². The summed E-state index contributed by atoms with van der Waals surface area (Å²) in [5.41, 5.74) is 2.94. The number of unbranched alkanes of at least 4 members (excludes halogenated alkanes) is 1. The monoisotopic (exact) mass is 690 g/mol. The Morgan fingerprint density at radius 3 is 1.94 bits per heavy atom. The summed E-state index contributed by atoms with van der Waals surface area (Å²) < 4.78 is 12.2. The second-order valence-electron chi connectivity index (χ2n) is 15.0. The first-order chi connectivity index (χ1) is 24.1. The number of hydrogen-bond donors (Lipinski definition) is 2.